The van der Waals surface area contributed by atoms with Crippen molar-refractivity contribution in [3.05, 3.63) is 10.6 Å². The van der Waals surface area contributed by atoms with E-state index < -0.39 is 0 Å². The third-order valence-corrected chi connectivity index (χ3v) is 4.56. The molecule has 0 atom stereocenters. The molecule has 0 aliphatic carbocycles. The molecule has 1 heterocycles. The number of nitrogens with zero attached hydrogens (tertiary/aromatic N) is 2. The van der Waals surface area contributed by atoms with E-state index in [4.69, 9.17) is 9.72 Å². The Morgan fingerprint density at radius 2 is 2.00 bits per heavy atom. The minimum atomic E-state index is 0.563. The molecule has 0 spiro atoms. The summed E-state index contributed by atoms with van der Waals surface area (Å²) in [6.45, 7) is 9.02. The highest BCUT2D eigenvalue weighted by molar-refractivity contribution is 7.15. The van der Waals surface area contributed by atoms with Crippen LogP contribution in [-0.2, 0) is 17.9 Å². The van der Waals surface area contributed by atoms with Gasteiger partial charge in [0, 0.05) is 31.6 Å². The van der Waals surface area contributed by atoms with Crippen molar-refractivity contribution in [1.82, 2.24) is 10.3 Å². The van der Waals surface area contributed by atoms with E-state index in [1.807, 2.05) is 0 Å². The lowest BCUT2D eigenvalue weighted by atomic mass is 10.1. The number of methoxy groups -OCH3 is 1. The minimum absolute atomic E-state index is 0.563. The van der Waals surface area contributed by atoms with Crippen LogP contribution in [0.5, 0.6) is 0 Å². The Bertz CT molecular complexity index is 364. The van der Waals surface area contributed by atoms with Crippen LogP contribution in [0.3, 0.4) is 0 Å². The van der Waals surface area contributed by atoms with Crippen LogP contribution < -0.4 is 10.2 Å². The zero-order valence-electron chi connectivity index (χ0n) is 12.8. The van der Waals surface area contributed by atoms with Gasteiger partial charge in [0.05, 0.1) is 12.3 Å². The van der Waals surface area contributed by atoms with Crippen molar-refractivity contribution >= 4 is 16.5 Å². The van der Waals surface area contributed by atoms with Gasteiger partial charge in [0.15, 0.2) is 5.13 Å². The molecule has 0 aromatic carbocycles. The predicted octanol–water partition coefficient (Wildman–Crippen LogP) is 3.02. The normalized spacial score (nSPS) is 11.3. The van der Waals surface area contributed by atoms with Gasteiger partial charge in [-0.25, -0.2) is 4.98 Å². The molecule has 1 aromatic heterocycles. The van der Waals surface area contributed by atoms with Crippen LogP contribution in [-0.4, -0.2) is 31.7 Å². The van der Waals surface area contributed by atoms with Gasteiger partial charge in [0.1, 0.15) is 0 Å². The van der Waals surface area contributed by atoms with Gasteiger partial charge in [-0.2, -0.15) is 0 Å². The second-order valence-electron chi connectivity index (χ2n) is 4.66. The Morgan fingerprint density at radius 1 is 1.32 bits per heavy atom. The summed E-state index contributed by atoms with van der Waals surface area (Å²) in [6.07, 6.45) is 2.30. The lowest BCUT2D eigenvalue weighted by Gasteiger charge is -2.25. The van der Waals surface area contributed by atoms with E-state index >= 15 is 0 Å². The lowest BCUT2D eigenvalue weighted by molar-refractivity contribution is 0.181. The number of thiazole rings is 1. The van der Waals surface area contributed by atoms with Gasteiger partial charge in [-0.05, 0) is 19.4 Å². The smallest absolute Gasteiger partial charge is 0.185 e. The zero-order valence-corrected chi connectivity index (χ0v) is 13.6. The monoisotopic (exact) mass is 285 g/mol. The van der Waals surface area contributed by atoms with Crippen molar-refractivity contribution in [2.24, 2.45) is 0 Å². The summed E-state index contributed by atoms with van der Waals surface area (Å²) in [4.78, 5) is 8.34. The summed E-state index contributed by atoms with van der Waals surface area (Å²) < 4.78 is 5.25. The molecule has 0 saturated heterocycles. The molecule has 0 radical (unpaired) electrons. The molecule has 1 rings (SSSR count). The maximum absolute atomic E-state index is 5.25. The number of anilines is 1. The van der Waals surface area contributed by atoms with Gasteiger partial charge in [-0.3, -0.25) is 0 Å². The van der Waals surface area contributed by atoms with E-state index in [0.717, 1.165) is 36.8 Å². The Morgan fingerprint density at radius 3 is 2.53 bits per heavy atom. The average molecular weight is 285 g/mol. The first-order valence-electron chi connectivity index (χ1n) is 7.08. The van der Waals surface area contributed by atoms with Crippen LogP contribution in [0.15, 0.2) is 0 Å². The van der Waals surface area contributed by atoms with Crippen LogP contribution in [0.4, 0.5) is 5.13 Å². The van der Waals surface area contributed by atoms with Gasteiger partial charge in [0.2, 0.25) is 0 Å². The summed E-state index contributed by atoms with van der Waals surface area (Å²) in [6, 6.07) is 0.563. The second kappa shape index (κ2) is 8.51. The summed E-state index contributed by atoms with van der Waals surface area (Å²) in [7, 11) is 3.87. The third-order valence-electron chi connectivity index (χ3n) is 3.38. The Hall–Kier alpha value is -0.650. The van der Waals surface area contributed by atoms with Crippen molar-refractivity contribution in [2.75, 3.05) is 25.6 Å². The van der Waals surface area contributed by atoms with Crippen molar-refractivity contribution in [3.8, 4) is 0 Å². The van der Waals surface area contributed by atoms with Crippen LogP contribution in [0.25, 0.3) is 0 Å². The fourth-order valence-electron chi connectivity index (χ4n) is 2.14. The number of rotatable bonds is 9. The summed E-state index contributed by atoms with van der Waals surface area (Å²) in [5.41, 5.74) is 1.07. The van der Waals surface area contributed by atoms with Gasteiger partial charge in [0.25, 0.3) is 0 Å². The summed E-state index contributed by atoms with van der Waals surface area (Å²) in [5, 5.41) is 4.47. The van der Waals surface area contributed by atoms with Crippen LogP contribution in [0, 0.1) is 0 Å². The Balaban J connectivity index is 2.88. The highest BCUT2D eigenvalue weighted by Crippen LogP contribution is 2.28. The van der Waals surface area contributed by atoms with E-state index in [0.29, 0.717) is 12.6 Å². The van der Waals surface area contributed by atoms with E-state index in [1.54, 1.807) is 18.4 Å². The molecule has 0 fully saturated rings. The van der Waals surface area contributed by atoms with Crippen molar-refractivity contribution in [2.45, 2.75) is 52.8 Å². The van der Waals surface area contributed by atoms with E-state index in [9.17, 15) is 0 Å². The number of hydrogen-bond acceptors (Lipinski definition) is 5. The molecule has 0 unspecified atom stereocenters. The van der Waals surface area contributed by atoms with E-state index in [-0.39, 0.29) is 0 Å². The molecule has 0 saturated carbocycles. The maximum atomic E-state index is 5.25. The largest absolute Gasteiger partial charge is 0.378 e. The molecule has 5 heteroatoms. The molecule has 0 bridgehead atoms. The van der Waals surface area contributed by atoms with Gasteiger partial charge in [-0.1, -0.05) is 20.8 Å². The molecular formula is C14H27N3OS. The highest BCUT2D eigenvalue weighted by atomic mass is 32.1. The number of hydrogen-bond donors (Lipinski definition) is 1. The molecule has 110 valence electrons. The van der Waals surface area contributed by atoms with Gasteiger partial charge < -0.3 is 15.0 Å². The van der Waals surface area contributed by atoms with Crippen LogP contribution in [0.1, 0.15) is 44.2 Å². The third kappa shape index (κ3) is 4.44. The number of aromatic nitrogens is 1. The molecule has 19 heavy (non-hydrogen) atoms. The molecular weight excluding hydrogens is 258 g/mol. The Labute approximate surface area is 121 Å². The van der Waals surface area contributed by atoms with E-state index in [2.05, 4.69) is 38.0 Å². The number of nitrogens with one attached hydrogen (secondary N) is 1. The molecule has 1 aromatic rings. The highest BCUT2D eigenvalue weighted by Gasteiger charge is 2.18. The van der Waals surface area contributed by atoms with Gasteiger partial charge in [-0.15, -0.1) is 11.3 Å². The predicted molar refractivity (Wildman–Crippen MR) is 83.0 cm³/mol. The summed E-state index contributed by atoms with van der Waals surface area (Å²) >= 11 is 1.78. The average Bonchev–Trinajstić information content (AvgIpc) is 2.81. The first-order valence-corrected chi connectivity index (χ1v) is 7.90. The van der Waals surface area contributed by atoms with Crippen molar-refractivity contribution in [1.29, 1.82) is 0 Å². The molecule has 4 nitrogen and oxygen atoms in total. The fraction of sp³-hybridized carbons (Fsp3) is 0.786. The quantitative estimate of drug-likeness (QED) is 0.757. The van der Waals surface area contributed by atoms with Crippen molar-refractivity contribution < 1.29 is 4.74 Å². The zero-order chi connectivity index (χ0) is 14.3. The first kappa shape index (κ1) is 16.4. The van der Waals surface area contributed by atoms with E-state index in [1.165, 1.54) is 4.88 Å². The number of ether oxygens (including phenoxy) is 1. The van der Waals surface area contributed by atoms with Crippen LogP contribution in [0.2, 0.25) is 0 Å². The molecule has 0 aliphatic rings. The molecule has 0 amide bonds. The lowest BCUT2D eigenvalue weighted by Crippen LogP contribution is -2.30. The Kier molecular flexibility index (Phi) is 7.34. The van der Waals surface area contributed by atoms with Gasteiger partial charge >= 0.3 is 0 Å². The summed E-state index contributed by atoms with van der Waals surface area (Å²) in [5.74, 6) is 0. The van der Waals surface area contributed by atoms with Crippen LogP contribution >= 0.6 is 11.3 Å². The minimum Gasteiger partial charge on any atom is -0.378 e. The van der Waals surface area contributed by atoms with Crippen molar-refractivity contribution in [3.63, 3.8) is 0 Å². The topological polar surface area (TPSA) is 37.4 Å². The second-order valence-corrected chi connectivity index (χ2v) is 5.72. The molecule has 1 N–H and O–H groups in total. The maximum Gasteiger partial charge on any atom is 0.185 e. The standard InChI is InChI=1S/C14H27N3OS/c1-6-11(7-2)17(4)14-16-12(10-18-5)13(19-14)9-15-8-3/h11,15H,6-10H2,1-5H3. The SMILES string of the molecule is CCNCc1sc(N(C)C(CC)CC)nc1COC. The molecule has 0 aliphatic heterocycles. The fourth-order valence-corrected chi connectivity index (χ4v) is 3.21. The first-order chi connectivity index (χ1) is 9.17.